The van der Waals surface area contributed by atoms with E-state index in [0.717, 1.165) is 25.1 Å². The second kappa shape index (κ2) is 7.21. The van der Waals surface area contributed by atoms with E-state index in [2.05, 4.69) is 17.1 Å². The summed E-state index contributed by atoms with van der Waals surface area (Å²) >= 11 is 0. The van der Waals surface area contributed by atoms with E-state index in [-0.39, 0.29) is 10.8 Å². The topological polar surface area (TPSA) is 92.5 Å². The van der Waals surface area contributed by atoms with Crippen molar-refractivity contribution in [2.24, 2.45) is 11.1 Å². The molecule has 7 heteroatoms. The highest BCUT2D eigenvalue weighted by molar-refractivity contribution is 7.89. The molecule has 0 radical (unpaired) electrons. The average molecular weight is 325 g/mol. The maximum atomic E-state index is 11.9. The Hall–Kier alpha value is -1.44. The number of hydrogen-bond donors (Lipinski definition) is 2. The first-order valence-corrected chi connectivity index (χ1v) is 9.00. The minimum Gasteiger partial charge on any atom is -0.351 e. The normalized spacial score (nSPS) is 19.8. The molecule has 2 rings (SSSR count). The Morgan fingerprint density at radius 2 is 2.05 bits per heavy atom. The van der Waals surface area contributed by atoms with Crippen molar-refractivity contribution in [3.8, 4) is 0 Å². The molecular weight excluding hydrogens is 302 g/mol. The van der Waals surface area contributed by atoms with Gasteiger partial charge in [-0.2, -0.15) is 0 Å². The molecule has 1 aliphatic rings. The van der Waals surface area contributed by atoms with Gasteiger partial charge in [-0.25, -0.2) is 13.6 Å². The van der Waals surface area contributed by atoms with Gasteiger partial charge in [-0.05, 0) is 43.0 Å². The Labute approximate surface area is 131 Å². The Morgan fingerprint density at radius 3 is 2.64 bits per heavy atom. The van der Waals surface area contributed by atoms with Crippen LogP contribution in [0.5, 0.6) is 0 Å². The van der Waals surface area contributed by atoms with Crippen LogP contribution in [0, 0.1) is 5.92 Å². The Balaban J connectivity index is 1.81. The summed E-state index contributed by atoms with van der Waals surface area (Å²) in [6.45, 7) is 4.95. The molecule has 0 spiro atoms. The van der Waals surface area contributed by atoms with E-state index in [9.17, 15) is 13.2 Å². The van der Waals surface area contributed by atoms with Crippen molar-refractivity contribution in [3.05, 3.63) is 29.8 Å². The van der Waals surface area contributed by atoms with E-state index < -0.39 is 10.0 Å². The smallest absolute Gasteiger partial charge is 0.238 e. The van der Waals surface area contributed by atoms with Gasteiger partial charge in [0.1, 0.15) is 0 Å². The molecule has 1 saturated heterocycles. The highest BCUT2D eigenvalue weighted by atomic mass is 32.2. The van der Waals surface area contributed by atoms with Crippen molar-refractivity contribution in [3.63, 3.8) is 0 Å². The fraction of sp³-hybridized carbons (Fsp3) is 0.533. The molecule has 1 fully saturated rings. The van der Waals surface area contributed by atoms with Crippen LogP contribution < -0.4 is 10.5 Å². The van der Waals surface area contributed by atoms with Crippen LogP contribution in [0.2, 0.25) is 0 Å². The summed E-state index contributed by atoms with van der Waals surface area (Å²) in [7, 11) is -3.67. The minimum absolute atomic E-state index is 0.00961. The van der Waals surface area contributed by atoms with Crippen molar-refractivity contribution in [1.29, 1.82) is 0 Å². The number of nitrogens with zero attached hydrogens (tertiary/aromatic N) is 1. The molecule has 0 saturated carbocycles. The van der Waals surface area contributed by atoms with E-state index in [1.807, 2.05) is 0 Å². The third kappa shape index (κ3) is 5.08. The van der Waals surface area contributed by atoms with Gasteiger partial charge in [0, 0.05) is 13.1 Å². The zero-order chi connectivity index (χ0) is 16.2. The van der Waals surface area contributed by atoms with Gasteiger partial charge in [0.05, 0.1) is 11.4 Å². The van der Waals surface area contributed by atoms with Crippen LogP contribution in [-0.4, -0.2) is 38.9 Å². The van der Waals surface area contributed by atoms with E-state index >= 15 is 0 Å². The SMILES string of the molecule is C[C@@H]1CCCN(CC(=O)NCc2ccc(S(N)(=O)=O)cc2)C1. The molecule has 1 amide bonds. The van der Waals surface area contributed by atoms with Crippen molar-refractivity contribution in [2.45, 2.75) is 31.2 Å². The molecule has 0 unspecified atom stereocenters. The molecule has 0 bridgehead atoms. The third-order valence-electron chi connectivity index (χ3n) is 3.85. The average Bonchev–Trinajstić information content (AvgIpc) is 2.45. The second-order valence-corrected chi connectivity index (χ2v) is 7.51. The maximum absolute atomic E-state index is 11.9. The molecule has 0 aliphatic carbocycles. The highest BCUT2D eigenvalue weighted by Crippen LogP contribution is 2.14. The Bertz CT molecular complexity index is 613. The number of amides is 1. The van der Waals surface area contributed by atoms with Crippen LogP contribution in [0.4, 0.5) is 0 Å². The summed E-state index contributed by atoms with van der Waals surface area (Å²) in [6, 6.07) is 6.21. The van der Waals surface area contributed by atoms with Crippen LogP contribution >= 0.6 is 0 Å². The summed E-state index contributed by atoms with van der Waals surface area (Å²) in [5.74, 6) is 0.636. The predicted molar refractivity (Wildman–Crippen MR) is 84.5 cm³/mol. The maximum Gasteiger partial charge on any atom is 0.238 e. The largest absolute Gasteiger partial charge is 0.351 e. The number of rotatable bonds is 5. The number of nitrogens with one attached hydrogen (secondary N) is 1. The van der Waals surface area contributed by atoms with Crippen molar-refractivity contribution >= 4 is 15.9 Å². The molecule has 1 aliphatic heterocycles. The van der Waals surface area contributed by atoms with Crippen LogP contribution in [0.15, 0.2) is 29.2 Å². The lowest BCUT2D eigenvalue weighted by Gasteiger charge is -2.30. The minimum atomic E-state index is -3.67. The number of nitrogens with two attached hydrogens (primary N) is 1. The molecule has 1 atom stereocenters. The Kier molecular flexibility index (Phi) is 5.55. The molecule has 122 valence electrons. The number of primary sulfonamides is 1. The quantitative estimate of drug-likeness (QED) is 0.833. The third-order valence-corrected chi connectivity index (χ3v) is 4.78. The lowest BCUT2D eigenvalue weighted by molar-refractivity contribution is -0.122. The van der Waals surface area contributed by atoms with Gasteiger partial charge in [0.15, 0.2) is 0 Å². The molecule has 0 aromatic heterocycles. The summed E-state index contributed by atoms with van der Waals surface area (Å²) in [4.78, 5) is 14.2. The van der Waals surface area contributed by atoms with Gasteiger partial charge < -0.3 is 5.32 Å². The molecule has 1 aromatic carbocycles. The predicted octanol–water partition coefficient (Wildman–Crippen LogP) is 0.682. The summed E-state index contributed by atoms with van der Waals surface area (Å²) in [5.41, 5.74) is 0.841. The van der Waals surface area contributed by atoms with E-state index in [0.29, 0.717) is 19.0 Å². The molecule has 3 N–H and O–H groups in total. The highest BCUT2D eigenvalue weighted by Gasteiger charge is 2.18. The zero-order valence-corrected chi connectivity index (χ0v) is 13.6. The molecular formula is C15H23N3O3S. The van der Waals surface area contributed by atoms with Gasteiger partial charge in [-0.3, -0.25) is 9.69 Å². The number of piperidine rings is 1. The number of carbonyl (C=O) groups excluding carboxylic acids is 1. The summed E-state index contributed by atoms with van der Waals surface area (Å²) in [6.07, 6.45) is 2.37. The van der Waals surface area contributed by atoms with Gasteiger partial charge in [0.2, 0.25) is 15.9 Å². The van der Waals surface area contributed by atoms with Gasteiger partial charge in [-0.1, -0.05) is 19.1 Å². The molecule has 1 heterocycles. The monoisotopic (exact) mass is 325 g/mol. The fourth-order valence-corrected chi connectivity index (χ4v) is 3.20. The number of likely N-dealkylation sites (tertiary alicyclic amines) is 1. The molecule has 22 heavy (non-hydrogen) atoms. The van der Waals surface area contributed by atoms with E-state index in [1.165, 1.54) is 18.6 Å². The first-order chi connectivity index (χ1) is 10.3. The van der Waals surface area contributed by atoms with Crippen LogP contribution in [-0.2, 0) is 21.4 Å². The van der Waals surface area contributed by atoms with Crippen molar-refractivity contribution < 1.29 is 13.2 Å². The van der Waals surface area contributed by atoms with Gasteiger partial charge >= 0.3 is 0 Å². The number of hydrogen-bond acceptors (Lipinski definition) is 4. The van der Waals surface area contributed by atoms with E-state index in [1.54, 1.807) is 12.1 Å². The number of benzene rings is 1. The summed E-state index contributed by atoms with van der Waals surface area (Å²) in [5, 5.41) is 7.90. The van der Waals surface area contributed by atoms with Gasteiger partial charge in [-0.15, -0.1) is 0 Å². The number of sulfonamides is 1. The first-order valence-electron chi connectivity index (χ1n) is 7.45. The second-order valence-electron chi connectivity index (χ2n) is 5.95. The fourth-order valence-electron chi connectivity index (χ4n) is 2.69. The number of carbonyl (C=O) groups is 1. The van der Waals surface area contributed by atoms with Crippen LogP contribution in [0.3, 0.4) is 0 Å². The zero-order valence-electron chi connectivity index (χ0n) is 12.8. The molecule has 6 nitrogen and oxygen atoms in total. The lowest BCUT2D eigenvalue weighted by atomic mass is 10.0. The summed E-state index contributed by atoms with van der Waals surface area (Å²) < 4.78 is 22.3. The van der Waals surface area contributed by atoms with E-state index in [4.69, 9.17) is 5.14 Å². The lowest BCUT2D eigenvalue weighted by Crippen LogP contribution is -2.41. The van der Waals surface area contributed by atoms with Gasteiger partial charge in [0.25, 0.3) is 0 Å². The van der Waals surface area contributed by atoms with Crippen molar-refractivity contribution in [2.75, 3.05) is 19.6 Å². The van der Waals surface area contributed by atoms with Crippen LogP contribution in [0.1, 0.15) is 25.3 Å². The van der Waals surface area contributed by atoms with Crippen LogP contribution in [0.25, 0.3) is 0 Å². The Morgan fingerprint density at radius 1 is 1.36 bits per heavy atom. The standard InChI is InChI=1S/C15H23N3O3S/c1-12-3-2-8-18(10-12)11-15(19)17-9-13-4-6-14(7-5-13)22(16,20)21/h4-7,12H,2-3,8-11H2,1H3,(H,17,19)(H2,16,20,21)/t12-/m1/s1. The first kappa shape index (κ1) is 16.9. The van der Waals surface area contributed by atoms with Crippen molar-refractivity contribution in [1.82, 2.24) is 10.2 Å². The molecule has 1 aromatic rings.